The maximum Gasteiger partial charge on any atom is 0.157 e. The normalized spacial score (nSPS) is 32.9. The summed E-state index contributed by atoms with van der Waals surface area (Å²) >= 11 is 0. The standard InChI is InChI=1S/C11H17NO2/c1-8-6-10(4-5-14-8)12-9-2-3-11(13)7-9/h7-8,10,12H,2-6H2,1H3. The maximum atomic E-state index is 11.0. The fourth-order valence-corrected chi connectivity index (χ4v) is 2.10. The Bertz CT molecular complexity index is 260. The first-order valence-electron chi connectivity index (χ1n) is 5.35. The molecule has 1 saturated heterocycles. The third kappa shape index (κ3) is 2.35. The van der Waals surface area contributed by atoms with E-state index in [2.05, 4.69) is 12.2 Å². The van der Waals surface area contributed by atoms with E-state index in [1.54, 1.807) is 6.08 Å². The number of hydrogen-bond acceptors (Lipinski definition) is 3. The highest BCUT2D eigenvalue weighted by molar-refractivity contribution is 5.92. The molecule has 2 unspecified atom stereocenters. The van der Waals surface area contributed by atoms with E-state index in [4.69, 9.17) is 4.74 Å². The maximum absolute atomic E-state index is 11.0. The number of hydrogen-bond donors (Lipinski definition) is 1. The minimum atomic E-state index is 0.257. The zero-order chi connectivity index (χ0) is 9.97. The van der Waals surface area contributed by atoms with Crippen LogP contribution in [0.25, 0.3) is 0 Å². The van der Waals surface area contributed by atoms with Crippen molar-refractivity contribution in [2.45, 2.75) is 44.8 Å². The van der Waals surface area contributed by atoms with Crippen molar-refractivity contribution in [3.63, 3.8) is 0 Å². The Balaban J connectivity index is 1.85. The van der Waals surface area contributed by atoms with Crippen LogP contribution < -0.4 is 5.32 Å². The lowest BCUT2D eigenvalue weighted by molar-refractivity contribution is -0.114. The van der Waals surface area contributed by atoms with Gasteiger partial charge >= 0.3 is 0 Å². The van der Waals surface area contributed by atoms with Gasteiger partial charge in [-0.2, -0.15) is 0 Å². The van der Waals surface area contributed by atoms with E-state index in [1.807, 2.05) is 0 Å². The summed E-state index contributed by atoms with van der Waals surface area (Å²) in [7, 11) is 0. The fraction of sp³-hybridized carbons (Fsp3) is 0.727. The number of allylic oxidation sites excluding steroid dienone is 2. The van der Waals surface area contributed by atoms with E-state index in [9.17, 15) is 4.79 Å². The van der Waals surface area contributed by atoms with Crippen LogP contribution in [0.1, 0.15) is 32.6 Å². The fourth-order valence-electron chi connectivity index (χ4n) is 2.10. The Morgan fingerprint density at radius 3 is 3.00 bits per heavy atom. The molecular weight excluding hydrogens is 178 g/mol. The van der Waals surface area contributed by atoms with Gasteiger partial charge in [-0.25, -0.2) is 0 Å². The van der Waals surface area contributed by atoms with Gasteiger partial charge in [-0.15, -0.1) is 0 Å². The van der Waals surface area contributed by atoms with Crippen molar-refractivity contribution in [3.8, 4) is 0 Å². The van der Waals surface area contributed by atoms with Crippen LogP contribution in [0.4, 0.5) is 0 Å². The van der Waals surface area contributed by atoms with Crippen LogP contribution in [-0.4, -0.2) is 24.5 Å². The highest BCUT2D eigenvalue weighted by Crippen LogP contribution is 2.18. The summed E-state index contributed by atoms with van der Waals surface area (Å²) in [6.45, 7) is 2.93. The van der Waals surface area contributed by atoms with Gasteiger partial charge < -0.3 is 10.1 Å². The Labute approximate surface area is 84.5 Å². The lowest BCUT2D eigenvalue weighted by atomic mass is 10.0. The number of ether oxygens (including phenoxy) is 1. The van der Waals surface area contributed by atoms with Crippen LogP contribution in [0.3, 0.4) is 0 Å². The highest BCUT2D eigenvalue weighted by Gasteiger charge is 2.21. The molecule has 1 fully saturated rings. The van der Waals surface area contributed by atoms with Crippen LogP contribution in [0.2, 0.25) is 0 Å². The first-order valence-corrected chi connectivity index (χ1v) is 5.35. The molecule has 2 rings (SSSR count). The summed E-state index contributed by atoms with van der Waals surface area (Å²) in [4.78, 5) is 11.0. The molecule has 0 spiro atoms. The van der Waals surface area contributed by atoms with Gasteiger partial charge in [-0.3, -0.25) is 4.79 Å². The van der Waals surface area contributed by atoms with Gasteiger partial charge in [0.05, 0.1) is 6.10 Å². The van der Waals surface area contributed by atoms with Crippen molar-refractivity contribution in [2.24, 2.45) is 0 Å². The van der Waals surface area contributed by atoms with E-state index < -0.39 is 0 Å². The molecule has 3 heteroatoms. The largest absolute Gasteiger partial charge is 0.385 e. The summed E-state index contributed by atoms with van der Waals surface area (Å²) < 4.78 is 5.47. The number of rotatable bonds is 2. The number of nitrogens with one attached hydrogen (secondary N) is 1. The monoisotopic (exact) mass is 195 g/mol. The molecule has 0 aromatic carbocycles. The Kier molecular flexibility index (Phi) is 2.87. The minimum absolute atomic E-state index is 0.257. The van der Waals surface area contributed by atoms with E-state index in [0.29, 0.717) is 18.6 Å². The third-order valence-electron chi connectivity index (χ3n) is 2.85. The second kappa shape index (κ2) is 4.13. The summed E-state index contributed by atoms with van der Waals surface area (Å²) in [5.74, 6) is 0.257. The molecule has 0 saturated carbocycles. The van der Waals surface area contributed by atoms with Gasteiger partial charge in [0.15, 0.2) is 5.78 Å². The van der Waals surface area contributed by atoms with Crippen molar-refractivity contribution in [1.82, 2.24) is 5.32 Å². The third-order valence-corrected chi connectivity index (χ3v) is 2.85. The molecule has 0 bridgehead atoms. The first kappa shape index (κ1) is 9.71. The Hall–Kier alpha value is -0.830. The SMILES string of the molecule is CC1CC(NC2=CC(=O)CC2)CCO1. The second-order valence-corrected chi connectivity index (χ2v) is 4.18. The zero-order valence-electron chi connectivity index (χ0n) is 8.58. The summed E-state index contributed by atoms with van der Waals surface area (Å²) in [5.41, 5.74) is 1.12. The molecule has 0 amide bonds. The second-order valence-electron chi connectivity index (χ2n) is 4.18. The molecule has 2 aliphatic rings. The molecule has 0 aromatic heterocycles. The smallest absolute Gasteiger partial charge is 0.157 e. The van der Waals surface area contributed by atoms with Gasteiger partial charge in [-0.05, 0) is 26.2 Å². The van der Waals surface area contributed by atoms with Crippen molar-refractivity contribution in [2.75, 3.05) is 6.61 Å². The minimum Gasteiger partial charge on any atom is -0.385 e. The van der Waals surface area contributed by atoms with Gasteiger partial charge in [-0.1, -0.05) is 0 Å². The molecule has 1 aliphatic heterocycles. The van der Waals surface area contributed by atoms with Gasteiger partial charge in [0.25, 0.3) is 0 Å². The van der Waals surface area contributed by atoms with E-state index in [1.165, 1.54) is 0 Å². The molecule has 78 valence electrons. The van der Waals surface area contributed by atoms with E-state index in [-0.39, 0.29) is 5.78 Å². The van der Waals surface area contributed by atoms with E-state index >= 15 is 0 Å². The van der Waals surface area contributed by atoms with Gasteiger partial charge in [0.1, 0.15) is 0 Å². The molecule has 3 nitrogen and oxygen atoms in total. The molecular formula is C11H17NO2. The lowest BCUT2D eigenvalue weighted by Gasteiger charge is -2.29. The lowest BCUT2D eigenvalue weighted by Crippen LogP contribution is -2.37. The van der Waals surface area contributed by atoms with E-state index in [0.717, 1.165) is 31.6 Å². The predicted octanol–water partition coefficient (Wildman–Crippen LogP) is 1.39. The van der Waals surface area contributed by atoms with Crippen LogP contribution in [0.5, 0.6) is 0 Å². The molecule has 1 N–H and O–H groups in total. The topological polar surface area (TPSA) is 38.3 Å². The summed E-state index contributed by atoms with van der Waals surface area (Å²) in [6, 6.07) is 0.496. The van der Waals surface area contributed by atoms with Crippen LogP contribution >= 0.6 is 0 Å². The molecule has 1 aliphatic carbocycles. The molecule has 1 heterocycles. The summed E-state index contributed by atoms with van der Waals surface area (Å²) in [6.07, 6.45) is 5.77. The van der Waals surface area contributed by atoms with Crippen LogP contribution in [0.15, 0.2) is 11.8 Å². The molecule has 0 radical (unpaired) electrons. The van der Waals surface area contributed by atoms with Crippen molar-refractivity contribution >= 4 is 5.78 Å². The highest BCUT2D eigenvalue weighted by atomic mass is 16.5. The summed E-state index contributed by atoms with van der Waals surface area (Å²) in [5, 5.41) is 3.44. The molecule has 2 atom stereocenters. The first-order chi connectivity index (χ1) is 6.74. The van der Waals surface area contributed by atoms with Crippen molar-refractivity contribution < 1.29 is 9.53 Å². The molecule has 14 heavy (non-hydrogen) atoms. The van der Waals surface area contributed by atoms with Gasteiger partial charge in [0, 0.05) is 30.8 Å². The van der Waals surface area contributed by atoms with Crippen molar-refractivity contribution in [1.29, 1.82) is 0 Å². The quantitative estimate of drug-likeness (QED) is 0.723. The number of carbonyl (C=O) groups is 1. The Morgan fingerprint density at radius 2 is 2.36 bits per heavy atom. The molecule has 0 aromatic rings. The number of carbonyl (C=O) groups excluding carboxylic acids is 1. The van der Waals surface area contributed by atoms with Gasteiger partial charge in [0.2, 0.25) is 0 Å². The predicted molar refractivity (Wildman–Crippen MR) is 53.9 cm³/mol. The van der Waals surface area contributed by atoms with Crippen LogP contribution in [-0.2, 0) is 9.53 Å². The number of ketones is 1. The van der Waals surface area contributed by atoms with Crippen molar-refractivity contribution in [3.05, 3.63) is 11.8 Å². The Morgan fingerprint density at radius 1 is 1.50 bits per heavy atom. The van der Waals surface area contributed by atoms with Crippen LogP contribution in [0, 0.1) is 0 Å². The average molecular weight is 195 g/mol. The zero-order valence-corrected chi connectivity index (χ0v) is 8.58. The average Bonchev–Trinajstić information content (AvgIpc) is 2.51.